The fourth-order valence-corrected chi connectivity index (χ4v) is 3.99. The lowest BCUT2D eigenvalue weighted by Gasteiger charge is -2.00. The van der Waals surface area contributed by atoms with E-state index in [1.807, 2.05) is 12.1 Å². The Morgan fingerprint density at radius 1 is 1.11 bits per heavy atom. The highest BCUT2D eigenvalue weighted by Crippen LogP contribution is 2.31. The van der Waals surface area contributed by atoms with Crippen LogP contribution in [-0.4, -0.2) is 5.78 Å². The molecule has 0 spiro atoms. The molecule has 1 aromatic heterocycles. The molecule has 3 rings (SSSR count). The molecule has 0 saturated heterocycles. The van der Waals surface area contributed by atoms with Gasteiger partial charge in [0.25, 0.3) is 0 Å². The van der Waals surface area contributed by atoms with Crippen LogP contribution >= 0.6 is 22.9 Å². The Balaban J connectivity index is 1.95. The Hall–Kier alpha value is -1.12. The molecule has 0 unspecified atom stereocenters. The van der Waals surface area contributed by atoms with Crippen LogP contribution in [0.5, 0.6) is 0 Å². The van der Waals surface area contributed by atoms with Crippen LogP contribution in [0.3, 0.4) is 0 Å². The molecule has 1 nitrogen and oxygen atoms in total. The Morgan fingerprint density at radius 2 is 1.89 bits per heavy atom. The normalized spacial score (nSPS) is 14.8. The van der Waals surface area contributed by atoms with Gasteiger partial charge in [-0.05, 0) is 49.4 Å². The Morgan fingerprint density at radius 3 is 2.74 bits per heavy atom. The topological polar surface area (TPSA) is 17.1 Å². The van der Waals surface area contributed by atoms with Gasteiger partial charge in [0.1, 0.15) is 0 Å². The molecule has 0 fully saturated rings. The van der Waals surface area contributed by atoms with Gasteiger partial charge >= 0.3 is 0 Å². The van der Waals surface area contributed by atoms with Gasteiger partial charge < -0.3 is 0 Å². The molecular weight excluding hydrogens is 276 g/mol. The molecule has 0 N–H and O–H groups in total. The van der Waals surface area contributed by atoms with E-state index in [0.717, 1.165) is 17.7 Å². The SMILES string of the molecule is O=C(c1cc2c(s1)CCCCC2)c1ccccc1Cl. The van der Waals surface area contributed by atoms with E-state index in [9.17, 15) is 4.79 Å². The minimum Gasteiger partial charge on any atom is -0.288 e. The molecule has 0 saturated carbocycles. The van der Waals surface area contributed by atoms with Crippen LogP contribution in [0.2, 0.25) is 5.02 Å². The van der Waals surface area contributed by atoms with E-state index in [1.165, 1.54) is 29.7 Å². The lowest BCUT2D eigenvalue weighted by molar-refractivity contribution is 0.104. The third-order valence-corrected chi connectivity index (χ3v) is 5.15. The third-order valence-electron chi connectivity index (χ3n) is 3.59. The summed E-state index contributed by atoms with van der Waals surface area (Å²) in [6.45, 7) is 0. The van der Waals surface area contributed by atoms with Gasteiger partial charge in [0.2, 0.25) is 5.78 Å². The first kappa shape index (κ1) is 12.9. The van der Waals surface area contributed by atoms with Crippen molar-refractivity contribution in [1.29, 1.82) is 0 Å². The largest absolute Gasteiger partial charge is 0.288 e. The highest BCUT2D eigenvalue weighted by atomic mass is 35.5. The first-order chi connectivity index (χ1) is 9.25. The molecule has 98 valence electrons. The van der Waals surface area contributed by atoms with Gasteiger partial charge in [-0.3, -0.25) is 4.79 Å². The zero-order valence-electron chi connectivity index (χ0n) is 10.6. The summed E-state index contributed by atoms with van der Waals surface area (Å²) in [5, 5.41) is 0.538. The molecule has 0 aliphatic heterocycles. The maximum absolute atomic E-state index is 12.5. The summed E-state index contributed by atoms with van der Waals surface area (Å²) in [5.41, 5.74) is 1.98. The van der Waals surface area contributed by atoms with Crippen LogP contribution in [0.4, 0.5) is 0 Å². The summed E-state index contributed by atoms with van der Waals surface area (Å²) >= 11 is 7.76. The second kappa shape index (κ2) is 5.48. The molecule has 0 amide bonds. The fraction of sp³-hybridized carbons (Fsp3) is 0.312. The third kappa shape index (κ3) is 2.60. The lowest BCUT2D eigenvalue weighted by Crippen LogP contribution is -1.99. The highest BCUT2D eigenvalue weighted by molar-refractivity contribution is 7.14. The average Bonchev–Trinajstić information content (AvgIpc) is 2.70. The van der Waals surface area contributed by atoms with Gasteiger partial charge in [-0.1, -0.05) is 30.2 Å². The number of ketones is 1. The summed E-state index contributed by atoms with van der Waals surface area (Å²) < 4.78 is 0. The van der Waals surface area contributed by atoms with Crippen LogP contribution in [0, 0.1) is 0 Å². The molecule has 1 aromatic carbocycles. The first-order valence-corrected chi connectivity index (χ1v) is 7.86. The summed E-state index contributed by atoms with van der Waals surface area (Å²) in [6.07, 6.45) is 6.02. The Labute approximate surface area is 122 Å². The molecule has 1 aliphatic rings. The van der Waals surface area contributed by atoms with E-state index in [0.29, 0.717) is 10.6 Å². The van der Waals surface area contributed by atoms with Crippen LogP contribution in [-0.2, 0) is 12.8 Å². The molecule has 1 aliphatic carbocycles. The number of thiophene rings is 1. The van der Waals surface area contributed by atoms with Gasteiger partial charge in [-0.2, -0.15) is 0 Å². The van der Waals surface area contributed by atoms with Crippen molar-refractivity contribution in [3.05, 3.63) is 56.2 Å². The number of hydrogen-bond acceptors (Lipinski definition) is 2. The van der Waals surface area contributed by atoms with Crippen LogP contribution in [0.25, 0.3) is 0 Å². The maximum Gasteiger partial charge on any atom is 0.204 e. The van der Waals surface area contributed by atoms with Crippen molar-refractivity contribution in [2.45, 2.75) is 32.1 Å². The van der Waals surface area contributed by atoms with Crippen LogP contribution in [0.15, 0.2) is 30.3 Å². The van der Waals surface area contributed by atoms with Crippen molar-refractivity contribution >= 4 is 28.7 Å². The molecule has 2 aromatic rings. The van der Waals surface area contributed by atoms with Crippen molar-refractivity contribution in [2.75, 3.05) is 0 Å². The molecule has 1 heterocycles. The van der Waals surface area contributed by atoms with E-state index in [4.69, 9.17) is 11.6 Å². The number of aryl methyl sites for hydroxylation is 2. The van der Waals surface area contributed by atoms with E-state index < -0.39 is 0 Å². The van der Waals surface area contributed by atoms with Crippen molar-refractivity contribution in [1.82, 2.24) is 0 Å². The minimum absolute atomic E-state index is 0.0590. The number of rotatable bonds is 2. The second-order valence-corrected chi connectivity index (χ2v) is 6.47. The van der Waals surface area contributed by atoms with Gasteiger partial charge in [-0.25, -0.2) is 0 Å². The van der Waals surface area contributed by atoms with Crippen LogP contribution in [0.1, 0.15) is 44.9 Å². The van der Waals surface area contributed by atoms with E-state index >= 15 is 0 Å². The number of carbonyl (C=O) groups excluding carboxylic acids is 1. The molecule has 19 heavy (non-hydrogen) atoms. The lowest BCUT2D eigenvalue weighted by atomic mass is 10.1. The molecule has 3 heteroatoms. The van der Waals surface area contributed by atoms with Crippen molar-refractivity contribution in [3.8, 4) is 0 Å². The first-order valence-electron chi connectivity index (χ1n) is 6.66. The average molecular weight is 291 g/mol. The summed E-state index contributed by atoms with van der Waals surface area (Å²) in [5.74, 6) is 0.0590. The number of halogens is 1. The standard InChI is InChI=1S/C16H15ClOS/c17-13-8-5-4-7-12(13)16(18)15-10-11-6-2-1-3-9-14(11)19-15/h4-5,7-8,10H,1-3,6,9H2. The van der Waals surface area contributed by atoms with Crippen molar-refractivity contribution < 1.29 is 4.79 Å². The quantitative estimate of drug-likeness (QED) is 0.568. The van der Waals surface area contributed by atoms with Crippen LogP contribution < -0.4 is 0 Å². The maximum atomic E-state index is 12.5. The second-order valence-electron chi connectivity index (χ2n) is 4.93. The number of benzene rings is 1. The molecule has 0 atom stereocenters. The summed E-state index contributed by atoms with van der Waals surface area (Å²) in [7, 11) is 0. The molecule has 0 radical (unpaired) electrons. The Bertz CT molecular complexity index is 591. The van der Waals surface area contributed by atoms with Gasteiger partial charge in [0, 0.05) is 10.4 Å². The summed E-state index contributed by atoms with van der Waals surface area (Å²) in [4.78, 5) is 14.7. The van der Waals surface area contributed by atoms with Crippen molar-refractivity contribution in [3.63, 3.8) is 0 Å². The van der Waals surface area contributed by atoms with Gasteiger partial charge in [-0.15, -0.1) is 11.3 Å². The zero-order valence-corrected chi connectivity index (χ0v) is 12.2. The predicted molar refractivity (Wildman–Crippen MR) is 80.5 cm³/mol. The van der Waals surface area contributed by atoms with E-state index in [-0.39, 0.29) is 5.78 Å². The minimum atomic E-state index is 0.0590. The van der Waals surface area contributed by atoms with E-state index in [2.05, 4.69) is 6.07 Å². The van der Waals surface area contributed by atoms with Gasteiger partial charge in [0.05, 0.1) is 9.90 Å². The molecule has 0 bridgehead atoms. The number of fused-ring (bicyclic) bond motifs is 1. The Kier molecular flexibility index (Phi) is 3.72. The predicted octanol–water partition coefficient (Wildman–Crippen LogP) is 4.90. The van der Waals surface area contributed by atoms with Gasteiger partial charge in [0.15, 0.2) is 0 Å². The monoisotopic (exact) mass is 290 g/mol. The number of carbonyl (C=O) groups is 1. The smallest absolute Gasteiger partial charge is 0.204 e. The fourth-order valence-electron chi connectivity index (χ4n) is 2.56. The van der Waals surface area contributed by atoms with E-state index in [1.54, 1.807) is 23.5 Å². The zero-order chi connectivity index (χ0) is 13.2. The molecular formula is C16H15ClOS. The summed E-state index contributed by atoms with van der Waals surface area (Å²) in [6, 6.07) is 9.36. The number of hydrogen-bond donors (Lipinski definition) is 0. The highest BCUT2D eigenvalue weighted by Gasteiger charge is 2.18. The van der Waals surface area contributed by atoms with Crippen molar-refractivity contribution in [2.24, 2.45) is 0 Å².